The number of carbonyl (C=O) groups excluding carboxylic acids is 2. The van der Waals surface area contributed by atoms with Crippen LogP contribution in [0.3, 0.4) is 0 Å². The Bertz CT molecular complexity index is 766. The zero-order valence-electron chi connectivity index (χ0n) is 16.0. The molecule has 2 heterocycles. The molecule has 0 unspecified atom stereocenters. The number of nitrogens with zero attached hydrogens (tertiary/aromatic N) is 2. The molecule has 0 spiro atoms. The van der Waals surface area contributed by atoms with Gasteiger partial charge >= 0.3 is 0 Å². The minimum atomic E-state index is -0.0602. The van der Waals surface area contributed by atoms with Gasteiger partial charge in [0.05, 0.1) is 4.91 Å². The highest BCUT2D eigenvalue weighted by Gasteiger charge is 2.31. The third-order valence-corrected chi connectivity index (χ3v) is 6.34. The van der Waals surface area contributed by atoms with Crippen molar-refractivity contribution >= 4 is 46.2 Å². The van der Waals surface area contributed by atoms with E-state index >= 15 is 0 Å². The third kappa shape index (κ3) is 5.79. The van der Waals surface area contributed by atoms with Crippen molar-refractivity contribution in [3.05, 3.63) is 53.0 Å². The SMILES string of the molecule is O=C(CCCN1C(=O)/C(=C/C=C/c2ccccc2)SC1=S)N1CCCCCC1. The first-order valence-electron chi connectivity index (χ1n) is 9.90. The van der Waals surface area contributed by atoms with Crippen LogP contribution in [0.1, 0.15) is 44.1 Å². The van der Waals surface area contributed by atoms with Crippen LogP contribution in [0, 0.1) is 0 Å². The number of thiocarbonyl (C=S) groups is 1. The molecule has 1 aromatic carbocycles. The summed E-state index contributed by atoms with van der Waals surface area (Å²) in [5.41, 5.74) is 1.08. The van der Waals surface area contributed by atoms with Crippen molar-refractivity contribution in [1.82, 2.24) is 9.80 Å². The molecule has 2 saturated heterocycles. The molecule has 0 bridgehead atoms. The monoisotopic (exact) mass is 414 g/mol. The fraction of sp³-hybridized carbons (Fsp3) is 0.409. The van der Waals surface area contributed by atoms with Gasteiger partial charge < -0.3 is 4.90 Å². The van der Waals surface area contributed by atoms with Crippen LogP contribution in [0.15, 0.2) is 47.4 Å². The van der Waals surface area contributed by atoms with Gasteiger partial charge in [0.2, 0.25) is 5.91 Å². The van der Waals surface area contributed by atoms with E-state index in [4.69, 9.17) is 12.2 Å². The highest BCUT2D eigenvalue weighted by Crippen LogP contribution is 2.31. The Labute approximate surface area is 176 Å². The molecule has 0 atom stereocenters. The quantitative estimate of drug-likeness (QED) is 0.503. The number of rotatable bonds is 6. The first-order valence-corrected chi connectivity index (χ1v) is 11.1. The zero-order chi connectivity index (χ0) is 19.8. The molecular weight excluding hydrogens is 388 g/mol. The van der Waals surface area contributed by atoms with Crippen LogP contribution in [0.25, 0.3) is 6.08 Å². The van der Waals surface area contributed by atoms with E-state index in [0.29, 0.717) is 28.6 Å². The Kier molecular flexibility index (Phi) is 7.86. The molecule has 0 N–H and O–H groups in total. The Morgan fingerprint density at radius 2 is 1.82 bits per heavy atom. The lowest BCUT2D eigenvalue weighted by Gasteiger charge is -2.21. The van der Waals surface area contributed by atoms with Gasteiger partial charge in [-0.15, -0.1) is 0 Å². The summed E-state index contributed by atoms with van der Waals surface area (Å²) in [4.78, 5) is 29.2. The molecule has 2 aliphatic rings. The maximum atomic E-state index is 12.6. The van der Waals surface area contributed by atoms with Crippen molar-refractivity contribution in [3.8, 4) is 0 Å². The highest BCUT2D eigenvalue weighted by molar-refractivity contribution is 8.26. The average Bonchev–Trinajstić information content (AvgIpc) is 2.89. The van der Waals surface area contributed by atoms with Crippen molar-refractivity contribution in [2.24, 2.45) is 0 Å². The van der Waals surface area contributed by atoms with Crippen LogP contribution in [0.5, 0.6) is 0 Å². The lowest BCUT2D eigenvalue weighted by molar-refractivity contribution is -0.131. The standard InChI is InChI=1S/C22H26N2O2S2/c25-20(23-15-6-1-2-7-16-23)14-9-17-24-21(26)19(28-22(24)27)13-8-12-18-10-4-3-5-11-18/h3-5,8,10-13H,1-2,6-7,9,14-17H2/b12-8+,19-13-. The lowest BCUT2D eigenvalue weighted by Crippen LogP contribution is -2.33. The molecule has 3 rings (SSSR count). The molecule has 28 heavy (non-hydrogen) atoms. The average molecular weight is 415 g/mol. The fourth-order valence-electron chi connectivity index (χ4n) is 3.38. The minimum absolute atomic E-state index is 0.0602. The molecule has 0 aromatic heterocycles. The highest BCUT2D eigenvalue weighted by atomic mass is 32.2. The van der Waals surface area contributed by atoms with Gasteiger partial charge in [-0.05, 0) is 30.9 Å². The summed E-state index contributed by atoms with van der Waals surface area (Å²) >= 11 is 6.70. The predicted octanol–water partition coefficient (Wildman–Crippen LogP) is 4.63. The van der Waals surface area contributed by atoms with E-state index in [-0.39, 0.29) is 11.8 Å². The lowest BCUT2D eigenvalue weighted by atomic mass is 10.2. The van der Waals surface area contributed by atoms with Crippen molar-refractivity contribution in [3.63, 3.8) is 0 Å². The van der Waals surface area contributed by atoms with Crippen LogP contribution in [-0.2, 0) is 9.59 Å². The summed E-state index contributed by atoms with van der Waals surface area (Å²) in [6.07, 6.45) is 11.4. The van der Waals surface area contributed by atoms with Crippen molar-refractivity contribution < 1.29 is 9.59 Å². The molecule has 0 radical (unpaired) electrons. The topological polar surface area (TPSA) is 40.6 Å². The first-order chi connectivity index (χ1) is 13.6. The number of hydrogen-bond donors (Lipinski definition) is 0. The van der Waals surface area contributed by atoms with E-state index in [1.807, 2.05) is 53.5 Å². The predicted molar refractivity (Wildman–Crippen MR) is 120 cm³/mol. The van der Waals surface area contributed by atoms with Crippen LogP contribution in [0.4, 0.5) is 0 Å². The number of allylic oxidation sites excluding steroid dienone is 2. The fourth-order valence-corrected chi connectivity index (χ4v) is 4.64. The van der Waals surface area contributed by atoms with Gasteiger partial charge in [-0.3, -0.25) is 14.5 Å². The van der Waals surface area contributed by atoms with E-state index in [1.54, 1.807) is 4.90 Å². The van der Waals surface area contributed by atoms with Crippen molar-refractivity contribution in [1.29, 1.82) is 0 Å². The van der Waals surface area contributed by atoms with Crippen molar-refractivity contribution in [2.75, 3.05) is 19.6 Å². The maximum Gasteiger partial charge on any atom is 0.266 e. The number of carbonyl (C=O) groups is 2. The molecule has 6 heteroatoms. The van der Waals surface area contributed by atoms with Gasteiger partial charge in [-0.1, -0.05) is 79.3 Å². The zero-order valence-corrected chi connectivity index (χ0v) is 17.6. The first kappa shape index (κ1) is 20.8. The summed E-state index contributed by atoms with van der Waals surface area (Å²) in [5.74, 6) is 0.142. The second kappa shape index (κ2) is 10.6. The van der Waals surface area contributed by atoms with E-state index in [0.717, 1.165) is 31.5 Å². The molecule has 4 nitrogen and oxygen atoms in total. The Morgan fingerprint density at radius 3 is 2.54 bits per heavy atom. The number of hydrogen-bond acceptors (Lipinski definition) is 4. The Morgan fingerprint density at radius 1 is 1.11 bits per heavy atom. The Balaban J connectivity index is 1.49. The van der Waals surface area contributed by atoms with E-state index < -0.39 is 0 Å². The third-order valence-electron chi connectivity index (χ3n) is 4.94. The van der Waals surface area contributed by atoms with Crippen LogP contribution in [-0.4, -0.2) is 45.6 Å². The van der Waals surface area contributed by atoms with Gasteiger partial charge in [-0.2, -0.15) is 0 Å². The summed E-state index contributed by atoms with van der Waals surface area (Å²) in [5, 5.41) is 0. The minimum Gasteiger partial charge on any atom is -0.343 e. The van der Waals surface area contributed by atoms with Gasteiger partial charge in [0, 0.05) is 26.1 Å². The summed E-state index contributed by atoms with van der Waals surface area (Å²) < 4.78 is 0.576. The molecule has 2 amide bonds. The summed E-state index contributed by atoms with van der Waals surface area (Å²) in [6, 6.07) is 9.95. The van der Waals surface area contributed by atoms with Gasteiger partial charge in [0.1, 0.15) is 4.32 Å². The van der Waals surface area contributed by atoms with Gasteiger partial charge in [-0.25, -0.2) is 0 Å². The maximum absolute atomic E-state index is 12.6. The summed E-state index contributed by atoms with van der Waals surface area (Å²) in [7, 11) is 0. The second-order valence-corrected chi connectivity index (χ2v) is 8.70. The smallest absolute Gasteiger partial charge is 0.266 e. The van der Waals surface area contributed by atoms with E-state index in [9.17, 15) is 9.59 Å². The van der Waals surface area contributed by atoms with Gasteiger partial charge in [0.15, 0.2) is 0 Å². The molecule has 0 saturated carbocycles. The van der Waals surface area contributed by atoms with E-state index in [1.165, 1.54) is 24.6 Å². The number of likely N-dealkylation sites (tertiary alicyclic amines) is 1. The Hall–Kier alpha value is -1.92. The van der Waals surface area contributed by atoms with Crippen LogP contribution in [0.2, 0.25) is 0 Å². The number of thioether (sulfide) groups is 1. The number of amides is 2. The largest absolute Gasteiger partial charge is 0.343 e. The summed E-state index contributed by atoms with van der Waals surface area (Å²) in [6.45, 7) is 2.25. The molecule has 1 aromatic rings. The molecule has 0 aliphatic carbocycles. The van der Waals surface area contributed by atoms with Crippen LogP contribution >= 0.6 is 24.0 Å². The van der Waals surface area contributed by atoms with E-state index in [2.05, 4.69) is 0 Å². The normalized spacial score (nSPS) is 19.6. The molecular formula is C22H26N2O2S2. The molecule has 148 valence electrons. The molecule has 2 fully saturated rings. The van der Waals surface area contributed by atoms with Gasteiger partial charge in [0.25, 0.3) is 5.91 Å². The molecule has 2 aliphatic heterocycles. The van der Waals surface area contributed by atoms with Crippen LogP contribution < -0.4 is 0 Å². The van der Waals surface area contributed by atoms with Crippen molar-refractivity contribution in [2.45, 2.75) is 38.5 Å². The second-order valence-electron chi connectivity index (χ2n) is 7.02. The number of benzene rings is 1.